The van der Waals surface area contributed by atoms with Crippen LogP contribution in [-0.4, -0.2) is 49.9 Å². The van der Waals surface area contributed by atoms with Crippen molar-refractivity contribution in [2.45, 2.75) is 57.1 Å². The fourth-order valence-electron chi connectivity index (χ4n) is 4.97. The van der Waals surface area contributed by atoms with Crippen molar-refractivity contribution >= 4 is 50.7 Å². The predicted molar refractivity (Wildman–Crippen MR) is 187 cm³/mol. The molecule has 0 aliphatic carbocycles. The maximum Gasteiger partial charge on any atom is 0.264 e. The quantitative estimate of drug-likeness (QED) is 0.160. The van der Waals surface area contributed by atoms with Crippen molar-refractivity contribution in [3.8, 4) is 5.75 Å². The molecule has 248 valence electrons. The highest BCUT2D eigenvalue weighted by atomic mass is 35.5. The Labute approximate surface area is 287 Å². The average Bonchev–Trinajstić information content (AvgIpc) is 3.03. The van der Waals surface area contributed by atoms with Crippen LogP contribution < -0.4 is 14.4 Å². The predicted octanol–water partition coefficient (Wildman–Crippen LogP) is 7.14. The van der Waals surface area contributed by atoms with Crippen molar-refractivity contribution in [3.05, 3.63) is 124 Å². The Morgan fingerprint density at radius 3 is 2.06 bits per heavy atom. The summed E-state index contributed by atoms with van der Waals surface area (Å²) in [5.41, 5.74) is 1.05. The van der Waals surface area contributed by atoms with Gasteiger partial charge >= 0.3 is 0 Å². The largest absolute Gasteiger partial charge is 0.494 e. The maximum atomic E-state index is 14.6. The number of hydrogen-bond donors (Lipinski definition) is 1. The van der Waals surface area contributed by atoms with E-state index in [2.05, 4.69) is 5.32 Å². The van der Waals surface area contributed by atoms with Crippen molar-refractivity contribution in [2.75, 3.05) is 17.5 Å². The number of para-hydroxylation sites is 1. The third-order valence-electron chi connectivity index (χ3n) is 7.17. The minimum Gasteiger partial charge on any atom is -0.494 e. The number of carbonyl (C=O) groups is 2. The van der Waals surface area contributed by atoms with Gasteiger partial charge in [-0.2, -0.15) is 0 Å². The second kappa shape index (κ2) is 15.7. The molecule has 0 aliphatic rings. The van der Waals surface area contributed by atoms with Gasteiger partial charge in [-0.15, -0.1) is 0 Å². The standard InChI is InChI=1S/C36H39Cl2N3O5S/c1-5-46-30-18-20-31(21-19-30)47(44,45)41(29-14-10-7-11-15-29)25-34(42)40(24-27-16-17-28(37)23-32(27)38)33(35(43)39-36(2,3)4)22-26-12-8-6-9-13-26/h6-21,23,33H,5,22,24-25H2,1-4H3,(H,39,43)/t33-/m0/s1. The van der Waals surface area contributed by atoms with E-state index in [1.54, 1.807) is 60.7 Å². The molecule has 4 rings (SSSR count). The molecule has 8 nitrogen and oxygen atoms in total. The summed E-state index contributed by atoms with van der Waals surface area (Å²) >= 11 is 12.8. The smallest absolute Gasteiger partial charge is 0.264 e. The normalized spacial score (nSPS) is 12.2. The summed E-state index contributed by atoms with van der Waals surface area (Å²) in [7, 11) is -4.25. The van der Waals surface area contributed by atoms with Crippen molar-refractivity contribution < 1.29 is 22.7 Å². The Bertz CT molecular complexity index is 1760. The van der Waals surface area contributed by atoms with E-state index in [0.717, 1.165) is 9.87 Å². The van der Waals surface area contributed by atoms with Gasteiger partial charge in [0.25, 0.3) is 10.0 Å². The van der Waals surface area contributed by atoms with Crippen LogP contribution in [0.15, 0.2) is 108 Å². The first-order valence-electron chi connectivity index (χ1n) is 15.2. The highest BCUT2D eigenvalue weighted by Gasteiger charge is 2.36. The number of rotatable bonds is 13. The van der Waals surface area contributed by atoms with Crippen molar-refractivity contribution in [3.63, 3.8) is 0 Å². The molecular formula is C36H39Cl2N3O5S. The van der Waals surface area contributed by atoms with Gasteiger partial charge in [-0.3, -0.25) is 13.9 Å². The molecule has 2 amide bonds. The molecule has 0 fully saturated rings. The second-order valence-corrected chi connectivity index (χ2v) is 14.7. The van der Waals surface area contributed by atoms with E-state index in [9.17, 15) is 18.0 Å². The van der Waals surface area contributed by atoms with E-state index < -0.39 is 34.1 Å². The molecule has 11 heteroatoms. The highest BCUT2D eigenvalue weighted by Crippen LogP contribution is 2.28. The SMILES string of the molecule is CCOc1ccc(S(=O)(=O)N(CC(=O)N(Cc2ccc(Cl)cc2Cl)[C@@H](Cc2ccccc2)C(=O)NC(C)(C)C)c2ccccc2)cc1. The van der Waals surface area contributed by atoms with Gasteiger partial charge in [-0.1, -0.05) is 77.8 Å². The van der Waals surface area contributed by atoms with E-state index in [1.165, 1.54) is 17.0 Å². The van der Waals surface area contributed by atoms with E-state index in [0.29, 0.717) is 28.0 Å². The lowest BCUT2D eigenvalue weighted by atomic mass is 10.0. The Morgan fingerprint density at radius 2 is 1.49 bits per heavy atom. The Morgan fingerprint density at radius 1 is 0.872 bits per heavy atom. The molecule has 0 aliphatic heterocycles. The number of nitrogens with zero attached hydrogens (tertiary/aromatic N) is 2. The van der Waals surface area contributed by atoms with E-state index in [-0.39, 0.29) is 29.5 Å². The van der Waals surface area contributed by atoms with E-state index >= 15 is 0 Å². The van der Waals surface area contributed by atoms with Crippen LogP contribution in [0.4, 0.5) is 5.69 Å². The lowest BCUT2D eigenvalue weighted by molar-refractivity contribution is -0.140. The molecule has 0 unspecified atom stereocenters. The summed E-state index contributed by atoms with van der Waals surface area (Å²) in [4.78, 5) is 30.0. The Hall–Kier alpha value is -4.05. The van der Waals surface area contributed by atoms with Gasteiger partial charge in [0.15, 0.2) is 0 Å². The molecule has 0 aromatic heterocycles. The molecular weight excluding hydrogens is 657 g/mol. The minimum absolute atomic E-state index is 0.0174. The maximum absolute atomic E-state index is 14.6. The van der Waals surface area contributed by atoms with Gasteiger partial charge in [0.05, 0.1) is 17.2 Å². The number of hydrogen-bond acceptors (Lipinski definition) is 5. The van der Waals surface area contributed by atoms with Crippen LogP contribution in [-0.2, 0) is 32.6 Å². The Balaban J connectivity index is 1.81. The Kier molecular flexibility index (Phi) is 12.0. The molecule has 0 radical (unpaired) electrons. The van der Waals surface area contributed by atoms with Gasteiger partial charge in [0.1, 0.15) is 18.3 Å². The number of halogens is 2. The lowest BCUT2D eigenvalue weighted by Gasteiger charge is -2.35. The molecule has 1 N–H and O–H groups in total. The third-order valence-corrected chi connectivity index (χ3v) is 9.55. The van der Waals surface area contributed by atoms with E-state index in [1.807, 2.05) is 58.0 Å². The van der Waals surface area contributed by atoms with Crippen LogP contribution in [0.25, 0.3) is 0 Å². The number of ether oxygens (including phenoxy) is 1. The molecule has 47 heavy (non-hydrogen) atoms. The zero-order valence-corrected chi connectivity index (χ0v) is 29.1. The van der Waals surface area contributed by atoms with Crippen LogP contribution in [0.3, 0.4) is 0 Å². The van der Waals surface area contributed by atoms with Crippen LogP contribution in [0.2, 0.25) is 10.0 Å². The number of carbonyl (C=O) groups excluding carboxylic acids is 2. The van der Waals surface area contributed by atoms with Crippen LogP contribution in [0.5, 0.6) is 5.75 Å². The second-order valence-electron chi connectivity index (χ2n) is 12.0. The summed E-state index contributed by atoms with van der Waals surface area (Å²) in [6.45, 7) is 7.17. The van der Waals surface area contributed by atoms with Gasteiger partial charge in [-0.05, 0) is 87.4 Å². The van der Waals surface area contributed by atoms with Crippen molar-refractivity contribution in [2.24, 2.45) is 0 Å². The fraction of sp³-hybridized carbons (Fsp3) is 0.278. The molecule has 0 saturated carbocycles. The van der Waals surface area contributed by atoms with Crippen LogP contribution in [0.1, 0.15) is 38.8 Å². The van der Waals surface area contributed by atoms with Gasteiger partial charge in [-0.25, -0.2) is 8.42 Å². The number of benzene rings is 4. The average molecular weight is 697 g/mol. The van der Waals surface area contributed by atoms with Gasteiger partial charge in [0.2, 0.25) is 11.8 Å². The first-order valence-corrected chi connectivity index (χ1v) is 17.4. The molecule has 1 atom stereocenters. The lowest BCUT2D eigenvalue weighted by Crippen LogP contribution is -2.56. The third kappa shape index (κ3) is 9.73. The highest BCUT2D eigenvalue weighted by molar-refractivity contribution is 7.92. The monoisotopic (exact) mass is 695 g/mol. The van der Waals surface area contributed by atoms with E-state index in [4.69, 9.17) is 27.9 Å². The summed E-state index contributed by atoms with van der Waals surface area (Å²) in [5, 5.41) is 3.74. The summed E-state index contributed by atoms with van der Waals surface area (Å²) in [5.74, 6) is -0.465. The number of sulfonamides is 1. The number of amides is 2. The molecule has 0 spiro atoms. The summed E-state index contributed by atoms with van der Waals surface area (Å²) < 4.78 is 34.9. The first kappa shape index (κ1) is 35.8. The summed E-state index contributed by atoms with van der Waals surface area (Å²) in [6.07, 6.45) is 0.177. The van der Waals surface area contributed by atoms with Gasteiger partial charge < -0.3 is 15.0 Å². The minimum atomic E-state index is -4.25. The first-order chi connectivity index (χ1) is 22.3. The zero-order valence-electron chi connectivity index (χ0n) is 26.8. The topological polar surface area (TPSA) is 96.0 Å². The summed E-state index contributed by atoms with van der Waals surface area (Å²) in [6, 6.07) is 27.7. The molecule has 4 aromatic carbocycles. The molecule has 4 aromatic rings. The zero-order chi connectivity index (χ0) is 34.2. The van der Waals surface area contributed by atoms with Gasteiger partial charge in [0, 0.05) is 28.5 Å². The molecule has 0 heterocycles. The fourth-order valence-corrected chi connectivity index (χ4v) is 6.85. The van der Waals surface area contributed by atoms with Crippen molar-refractivity contribution in [1.29, 1.82) is 0 Å². The molecule has 0 saturated heterocycles. The van der Waals surface area contributed by atoms with Crippen LogP contribution >= 0.6 is 23.2 Å². The number of nitrogens with one attached hydrogen (secondary N) is 1. The number of anilines is 1. The van der Waals surface area contributed by atoms with Crippen molar-refractivity contribution in [1.82, 2.24) is 10.2 Å². The van der Waals surface area contributed by atoms with Crippen LogP contribution in [0, 0.1) is 0 Å². The molecule has 0 bridgehead atoms.